The van der Waals surface area contributed by atoms with E-state index in [0.717, 1.165) is 17.8 Å². The molecule has 0 unspecified atom stereocenters. The van der Waals surface area contributed by atoms with Crippen LogP contribution in [0.2, 0.25) is 5.02 Å². The van der Waals surface area contributed by atoms with Gasteiger partial charge in [-0.1, -0.05) is 17.7 Å². The minimum absolute atomic E-state index is 0.0605. The quantitative estimate of drug-likeness (QED) is 0.509. The number of phenols is 1. The smallest absolute Gasteiger partial charge is 0.278 e. The molecule has 0 aromatic heterocycles. The molecule has 0 aliphatic carbocycles. The number of nitrogens with one attached hydrogen (secondary N) is 1. The van der Waals surface area contributed by atoms with E-state index in [4.69, 9.17) is 11.6 Å². The molecule has 2 N–H and O–H groups in total. The fourth-order valence-corrected chi connectivity index (χ4v) is 2.16. The van der Waals surface area contributed by atoms with Gasteiger partial charge in [0.1, 0.15) is 5.75 Å². The highest BCUT2D eigenvalue weighted by atomic mass is 35.5. The second-order valence-electron chi connectivity index (χ2n) is 4.68. The van der Waals surface area contributed by atoms with Crippen molar-refractivity contribution in [1.82, 2.24) is 5.43 Å². The van der Waals surface area contributed by atoms with Crippen molar-refractivity contribution in [3.05, 3.63) is 68.2 Å². The standard InChI is InChI=1S/C15H12ClN3O4/c1-9-2-4-12(13(16)6-9)15(21)18-17-8-10-7-11(20)3-5-14(10)19(22)23/h2-8,20H,1H3,(H,18,21)/b17-8+. The molecule has 2 rings (SSSR count). The second kappa shape index (κ2) is 6.89. The summed E-state index contributed by atoms with van der Waals surface area (Å²) in [6.07, 6.45) is 1.08. The Morgan fingerprint density at radius 3 is 2.74 bits per heavy atom. The number of aromatic hydroxyl groups is 1. The SMILES string of the molecule is Cc1ccc(C(=O)N/N=C/c2cc(O)ccc2[N+](=O)[O-])c(Cl)c1. The van der Waals surface area contributed by atoms with Crippen molar-refractivity contribution in [2.24, 2.45) is 5.10 Å². The van der Waals surface area contributed by atoms with Crippen molar-refractivity contribution >= 4 is 29.4 Å². The Labute approximate surface area is 136 Å². The number of hydrogen-bond donors (Lipinski definition) is 2. The molecule has 0 bridgehead atoms. The van der Waals surface area contributed by atoms with E-state index in [-0.39, 0.29) is 27.6 Å². The van der Waals surface area contributed by atoms with Crippen LogP contribution >= 0.6 is 11.6 Å². The van der Waals surface area contributed by atoms with Gasteiger partial charge in [-0.3, -0.25) is 14.9 Å². The third-order valence-corrected chi connectivity index (χ3v) is 3.26. The van der Waals surface area contributed by atoms with E-state index in [2.05, 4.69) is 10.5 Å². The molecule has 7 nitrogen and oxygen atoms in total. The molecule has 0 heterocycles. The second-order valence-corrected chi connectivity index (χ2v) is 5.09. The molecule has 23 heavy (non-hydrogen) atoms. The molecule has 0 spiro atoms. The summed E-state index contributed by atoms with van der Waals surface area (Å²) in [4.78, 5) is 22.2. The van der Waals surface area contributed by atoms with E-state index < -0.39 is 10.8 Å². The van der Waals surface area contributed by atoms with Crippen LogP contribution in [-0.4, -0.2) is 22.2 Å². The van der Waals surface area contributed by atoms with Gasteiger partial charge in [-0.15, -0.1) is 0 Å². The lowest BCUT2D eigenvalue weighted by molar-refractivity contribution is -0.385. The highest BCUT2D eigenvalue weighted by Crippen LogP contribution is 2.21. The van der Waals surface area contributed by atoms with Crippen molar-refractivity contribution in [3.63, 3.8) is 0 Å². The van der Waals surface area contributed by atoms with Crippen LogP contribution in [0.5, 0.6) is 5.75 Å². The Morgan fingerprint density at radius 1 is 1.35 bits per heavy atom. The third kappa shape index (κ3) is 4.04. The summed E-state index contributed by atoms with van der Waals surface area (Å²) in [5.74, 6) is -0.695. The molecule has 8 heteroatoms. The number of carbonyl (C=O) groups excluding carboxylic acids is 1. The van der Waals surface area contributed by atoms with Crippen LogP contribution in [0.1, 0.15) is 21.5 Å². The number of carbonyl (C=O) groups is 1. The first-order chi connectivity index (χ1) is 10.9. The van der Waals surface area contributed by atoms with Crippen molar-refractivity contribution in [2.45, 2.75) is 6.92 Å². The summed E-state index contributed by atoms with van der Waals surface area (Å²) >= 11 is 5.97. The first kappa shape index (κ1) is 16.4. The van der Waals surface area contributed by atoms with Gasteiger partial charge in [0.2, 0.25) is 0 Å². The monoisotopic (exact) mass is 333 g/mol. The van der Waals surface area contributed by atoms with Crippen molar-refractivity contribution < 1.29 is 14.8 Å². The minimum atomic E-state index is -0.612. The number of nitro benzene ring substituents is 1. The van der Waals surface area contributed by atoms with Gasteiger partial charge in [0.15, 0.2) is 0 Å². The summed E-state index contributed by atoms with van der Waals surface area (Å²) in [6.45, 7) is 1.84. The number of halogens is 1. The largest absolute Gasteiger partial charge is 0.508 e. The summed E-state index contributed by atoms with van der Waals surface area (Å²) in [5, 5.41) is 24.2. The van der Waals surface area contributed by atoms with Gasteiger partial charge in [-0.25, -0.2) is 5.43 Å². The van der Waals surface area contributed by atoms with Crippen molar-refractivity contribution in [2.75, 3.05) is 0 Å². The van der Waals surface area contributed by atoms with Gasteiger partial charge in [0, 0.05) is 6.07 Å². The topological polar surface area (TPSA) is 105 Å². The number of amides is 1. The average Bonchev–Trinajstić information content (AvgIpc) is 2.46. The molecule has 118 valence electrons. The van der Waals surface area contributed by atoms with E-state index in [9.17, 15) is 20.0 Å². The number of rotatable bonds is 4. The maximum Gasteiger partial charge on any atom is 0.278 e. The zero-order valence-electron chi connectivity index (χ0n) is 12.0. The van der Waals surface area contributed by atoms with Crippen LogP contribution in [0.4, 0.5) is 5.69 Å². The van der Waals surface area contributed by atoms with Crippen LogP contribution in [0, 0.1) is 17.0 Å². The van der Waals surface area contributed by atoms with Gasteiger partial charge < -0.3 is 5.11 Å². The number of nitro groups is 1. The summed E-state index contributed by atoms with van der Waals surface area (Å²) in [6, 6.07) is 8.44. The van der Waals surface area contributed by atoms with Crippen LogP contribution in [0.3, 0.4) is 0 Å². The summed E-state index contributed by atoms with van der Waals surface area (Å²) in [5.41, 5.74) is 3.20. The first-order valence-electron chi connectivity index (χ1n) is 6.45. The van der Waals surface area contributed by atoms with E-state index in [1.165, 1.54) is 12.1 Å². The normalized spacial score (nSPS) is 10.7. The van der Waals surface area contributed by atoms with E-state index >= 15 is 0 Å². The van der Waals surface area contributed by atoms with Gasteiger partial charge in [0.25, 0.3) is 11.6 Å². The molecular formula is C15H12ClN3O4. The molecule has 0 saturated heterocycles. The number of hydrogen-bond acceptors (Lipinski definition) is 5. The molecule has 2 aromatic carbocycles. The maximum absolute atomic E-state index is 12.0. The predicted octanol–water partition coefficient (Wildman–Crippen LogP) is 3.03. The molecule has 0 radical (unpaired) electrons. The van der Waals surface area contributed by atoms with E-state index in [1.54, 1.807) is 18.2 Å². The van der Waals surface area contributed by atoms with Gasteiger partial charge in [0.05, 0.1) is 27.3 Å². The van der Waals surface area contributed by atoms with E-state index in [1.807, 2.05) is 6.92 Å². The maximum atomic E-state index is 12.0. The number of hydrazone groups is 1. The highest BCUT2D eigenvalue weighted by molar-refractivity contribution is 6.33. The van der Waals surface area contributed by atoms with Gasteiger partial charge in [-0.05, 0) is 36.8 Å². The number of benzene rings is 2. The number of aryl methyl sites for hydroxylation is 1. The fourth-order valence-electron chi connectivity index (χ4n) is 1.84. The summed E-state index contributed by atoms with van der Waals surface area (Å²) in [7, 11) is 0. The summed E-state index contributed by atoms with van der Waals surface area (Å²) < 4.78 is 0. The molecule has 0 aliphatic heterocycles. The molecule has 0 atom stereocenters. The molecular weight excluding hydrogens is 322 g/mol. The Balaban J connectivity index is 2.17. The van der Waals surface area contributed by atoms with Gasteiger partial charge >= 0.3 is 0 Å². The predicted molar refractivity (Wildman–Crippen MR) is 86.0 cm³/mol. The molecule has 0 fully saturated rings. The fraction of sp³-hybridized carbons (Fsp3) is 0.0667. The van der Waals surface area contributed by atoms with Crippen molar-refractivity contribution in [3.8, 4) is 5.75 Å². The third-order valence-electron chi connectivity index (χ3n) is 2.95. The zero-order valence-corrected chi connectivity index (χ0v) is 12.7. The van der Waals surface area contributed by atoms with Gasteiger partial charge in [-0.2, -0.15) is 5.10 Å². The molecule has 1 amide bonds. The number of phenolic OH excluding ortho intramolecular Hbond substituents is 1. The van der Waals surface area contributed by atoms with Crippen LogP contribution in [0.25, 0.3) is 0 Å². The van der Waals surface area contributed by atoms with Crippen molar-refractivity contribution in [1.29, 1.82) is 0 Å². The van der Waals surface area contributed by atoms with Crippen LogP contribution in [0.15, 0.2) is 41.5 Å². The lowest BCUT2D eigenvalue weighted by Gasteiger charge is -2.03. The molecule has 0 aliphatic rings. The molecule has 0 saturated carbocycles. The lowest BCUT2D eigenvalue weighted by atomic mass is 10.1. The Bertz CT molecular complexity index is 805. The number of nitrogens with zero attached hydrogens (tertiary/aromatic N) is 2. The lowest BCUT2D eigenvalue weighted by Crippen LogP contribution is -2.18. The Morgan fingerprint density at radius 2 is 2.09 bits per heavy atom. The first-order valence-corrected chi connectivity index (χ1v) is 6.83. The Hall–Kier alpha value is -2.93. The minimum Gasteiger partial charge on any atom is -0.508 e. The zero-order chi connectivity index (χ0) is 17.0. The van der Waals surface area contributed by atoms with Crippen LogP contribution in [-0.2, 0) is 0 Å². The highest BCUT2D eigenvalue weighted by Gasteiger charge is 2.13. The van der Waals surface area contributed by atoms with E-state index in [0.29, 0.717) is 0 Å². The average molecular weight is 334 g/mol. The Kier molecular flexibility index (Phi) is 4.92. The van der Waals surface area contributed by atoms with Crippen LogP contribution < -0.4 is 5.43 Å². The molecule has 2 aromatic rings.